The van der Waals surface area contributed by atoms with Crippen LogP contribution in [0.1, 0.15) is 38.5 Å². The molecule has 4 aromatic rings. The van der Waals surface area contributed by atoms with Crippen molar-refractivity contribution in [1.29, 1.82) is 0 Å². The van der Waals surface area contributed by atoms with E-state index in [4.69, 9.17) is 0 Å². The number of pyridine rings is 2. The summed E-state index contributed by atoms with van der Waals surface area (Å²) in [5.74, 6) is -0.435. The second-order valence-corrected chi connectivity index (χ2v) is 8.18. The summed E-state index contributed by atoms with van der Waals surface area (Å²) in [6, 6.07) is 23.0. The Morgan fingerprint density at radius 2 is 1.27 bits per heavy atom. The van der Waals surface area contributed by atoms with Crippen molar-refractivity contribution < 1.29 is 9.59 Å². The van der Waals surface area contributed by atoms with Crippen LogP contribution in [0.15, 0.2) is 85.2 Å². The molecule has 3 heterocycles. The number of carbonyl (C=O) groups is 2. The molecule has 2 aromatic heterocycles. The highest BCUT2D eigenvalue weighted by atomic mass is 16.2. The number of rotatable bonds is 8. The maximum absolute atomic E-state index is 13.1. The first kappa shape index (κ1) is 21.0. The molecule has 0 N–H and O–H groups in total. The molecule has 0 saturated heterocycles. The zero-order valence-electron chi connectivity index (χ0n) is 18.2. The van der Waals surface area contributed by atoms with Crippen molar-refractivity contribution >= 4 is 22.6 Å². The molecule has 164 valence electrons. The number of hydrogen-bond acceptors (Lipinski definition) is 5. The Hall–Kier alpha value is -3.90. The molecule has 0 unspecified atom stereocenters. The minimum atomic E-state index is -0.217. The van der Waals surface area contributed by atoms with Gasteiger partial charge in [0.05, 0.1) is 11.4 Å². The molecular formula is C27H24N4O2. The number of nitrogens with zero attached hydrogens (tertiary/aromatic N) is 4. The lowest BCUT2D eigenvalue weighted by Crippen LogP contribution is -2.41. The predicted octanol–water partition coefficient (Wildman–Crippen LogP) is 4.32. The number of imide groups is 1. The van der Waals surface area contributed by atoms with Gasteiger partial charge in [-0.1, -0.05) is 36.4 Å². The third-order valence-electron chi connectivity index (χ3n) is 5.94. The summed E-state index contributed by atoms with van der Waals surface area (Å²) < 4.78 is 0. The summed E-state index contributed by atoms with van der Waals surface area (Å²) in [7, 11) is 0. The van der Waals surface area contributed by atoms with Gasteiger partial charge in [0, 0.05) is 55.1 Å². The van der Waals surface area contributed by atoms with Gasteiger partial charge in [0.1, 0.15) is 0 Å². The van der Waals surface area contributed by atoms with Gasteiger partial charge < -0.3 is 0 Å². The maximum Gasteiger partial charge on any atom is 0.261 e. The van der Waals surface area contributed by atoms with Crippen LogP contribution in [0.5, 0.6) is 0 Å². The molecule has 33 heavy (non-hydrogen) atoms. The molecule has 0 atom stereocenters. The maximum atomic E-state index is 13.1. The Labute approximate surface area is 192 Å². The van der Waals surface area contributed by atoms with E-state index in [0.29, 0.717) is 43.7 Å². The molecule has 0 saturated carbocycles. The van der Waals surface area contributed by atoms with E-state index in [-0.39, 0.29) is 11.8 Å². The number of aromatic nitrogens is 2. The molecule has 1 aliphatic rings. The summed E-state index contributed by atoms with van der Waals surface area (Å²) in [5.41, 5.74) is 3.14. The molecule has 2 amide bonds. The molecule has 0 bridgehead atoms. The topological polar surface area (TPSA) is 66.4 Å². The predicted molar refractivity (Wildman–Crippen MR) is 127 cm³/mol. The van der Waals surface area contributed by atoms with Gasteiger partial charge in [-0.15, -0.1) is 0 Å². The fraction of sp³-hybridized carbons (Fsp3) is 0.185. The summed E-state index contributed by atoms with van der Waals surface area (Å²) in [6.45, 7) is 2.41. The molecule has 5 rings (SSSR count). The molecule has 0 aliphatic carbocycles. The van der Waals surface area contributed by atoms with Gasteiger partial charge >= 0.3 is 0 Å². The third-order valence-corrected chi connectivity index (χ3v) is 5.94. The van der Waals surface area contributed by atoms with Crippen LogP contribution in [0.4, 0.5) is 0 Å². The molecule has 2 aromatic carbocycles. The largest absolute Gasteiger partial charge is 0.292 e. The van der Waals surface area contributed by atoms with E-state index in [0.717, 1.165) is 22.2 Å². The van der Waals surface area contributed by atoms with Crippen LogP contribution in [-0.2, 0) is 13.1 Å². The average Bonchev–Trinajstić information content (AvgIpc) is 2.85. The number of carbonyl (C=O) groups excluding carboxylic acids is 2. The smallest absolute Gasteiger partial charge is 0.261 e. The molecule has 6 heteroatoms. The Balaban J connectivity index is 1.31. The van der Waals surface area contributed by atoms with Crippen LogP contribution in [0.3, 0.4) is 0 Å². The lowest BCUT2D eigenvalue weighted by Gasteiger charge is -2.28. The fourth-order valence-electron chi connectivity index (χ4n) is 4.39. The SMILES string of the molecule is O=C1c2cccc3cccc(c23)C(=O)N1CCCN(Cc1ccccn1)Cc1ccccn1. The monoisotopic (exact) mass is 436 g/mol. The van der Waals surface area contributed by atoms with E-state index in [9.17, 15) is 9.59 Å². The van der Waals surface area contributed by atoms with Crippen molar-refractivity contribution in [2.24, 2.45) is 0 Å². The second-order valence-electron chi connectivity index (χ2n) is 8.18. The van der Waals surface area contributed by atoms with Crippen LogP contribution in [0, 0.1) is 0 Å². The molecule has 6 nitrogen and oxygen atoms in total. The van der Waals surface area contributed by atoms with Gasteiger partial charge in [-0.25, -0.2) is 0 Å². The minimum Gasteiger partial charge on any atom is -0.292 e. The first-order chi connectivity index (χ1) is 16.2. The van der Waals surface area contributed by atoms with Crippen molar-refractivity contribution in [1.82, 2.24) is 19.8 Å². The minimum absolute atomic E-state index is 0.217. The van der Waals surface area contributed by atoms with Crippen LogP contribution in [0.25, 0.3) is 10.8 Å². The summed E-state index contributed by atoms with van der Waals surface area (Å²) in [6.07, 6.45) is 4.24. The summed E-state index contributed by atoms with van der Waals surface area (Å²) in [5, 5.41) is 1.68. The normalized spacial score (nSPS) is 13.2. The van der Waals surface area contributed by atoms with Crippen LogP contribution < -0.4 is 0 Å². The van der Waals surface area contributed by atoms with Crippen LogP contribution in [-0.4, -0.2) is 44.7 Å². The van der Waals surface area contributed by atoms with Gasteiger partial charge in [0.15, 0.2) is 0 Å². The summed E-state index contributed by atoms with van der Waals surface area (Å²) >= 11 is 0. The van der Waals surface area contributed by atoms with E-state index in [2.05, 4.69) is 14.9 Å². The van der Waals surface area contributed by atoms with Gasteiger partial charge in [0.2, 0.25) is 0 Å². The highest BCUT2D eigenvalue weighted by molar-refractivity contribution is 6.25. The zero-order chi connectivity index (χ0) is 22.6. The standard InChI is InChI=1S/C27H24N4O2/c32-26-23-12-5-8-20-9-6-13-24(25(20)23)27(33)31(26)17-7-16-30(18-21-10-1-3-14-28-21)19-22-11-2-4-15-29-22/h1-6,8-15H,7,16-19H2. The Kier molecular flexibility index (Phi) is 5.91. The highest BCUT2D eigenvalue weighted by Crippen LogP contribution is 2.30. The molecule has 0 radical (unpaired) electrons. The van der Waals surface area contributed by atoms with Crippen LogP contribution >= 0.6 is 0 Å². The highest BCUT2D eigenvalue weighted by Gasteiger charge is 2.32. The molecule has 0 fully saturated rings. The van der Waals surface area contributed by atoms with Crippen LogP contribution in [0.2, 0.25) is 0 Å². The third kappa shape index (κ3) is 4.38. The second kappa shape index (κ2) is 9.30. The van der Waals surface area contributed by atoms with E-state index in [1.165, 1.54) is 4.90 Å². The van der Waals surface area contributed by atoms with E-state index >= 15 is 0 Å². The van der Waals surface area contributed by atoms with Crippen molar-refractivity contribution in [3.05, 3.63) is 108 Å². The van der Waals surface area contributed by atoms with E-state index in [1.54, 1.807) is 12.4 Å². The first-order valence-corrected chi connectivity index (χ1v) is 11.1. The van der Waals surface area contributed by atoms with Crippen molar-refractivity contribution in [2.75, 3.05) is 13.1 Å². The average molecular weight is 437 g/mol. The number of hydrogen-bond donors (Lipinski definition) is 0. The van der Waals surface area contributed by atoms with Gasteiger partial charge in [-0.2, -0.15) is 0 Å². The van der Waals surface area contributed by atoms with E-state index < -0.39 is 0 Å². The Morgan fingerprint density at radius 3 is 1.79 bits per heavy atom. The lowest BCUT2D eigenvalue weighted by atomic mass is 9.94. The molecule has 1 aliphatic heterocycles. The van der Waals surface area contributed by atoms with Crippen molar-refractivity contribution in [2.45, 2.75) is 19.5 Å². The van der Waals surface area contributed by atoms with Gasteiger partial charge in [-0.05, 0) is 48.2 Å². The Morgan fingerprint density at radius 1 is 0.697 bits per heavy atom. The summed E-state index contributed by atoms with van der Waals surface area (Å²) in [4.78, 5) is 38.8. The Bertz CT molecular complexity index is 1200. The van der Waals surface area contributed by atoms with Gasteiger partial charge in [-0.3, -0.25) is 29.4 Å². The zero-order valence-corrected chi connectivity index (χ0v) is 18.2. The number of amides is 2. The molecular weight excluding hydrogens is 412 g/mol. The van der Waals surface area contributed by atoms with E-state index in [1.807, 2.05) is 72.8 Å². The lowest BCUT2D eigenvalue weighted by molar-refractivity contribution is 0.0602. The van der Waals surface area contributed by atoms with Crippen molar-refractivity contribution in [3.63, 3.8) is 0 Å². The van der Waals surface area contributed by atoms with Gasteiger partial charge in [0.25, 0.3) is 11.8 Å². The first-order valence-electron chi connectivity index (χ1n) is 11.1. The fourth-order valence-corrected chi connectivity index (χ4v) is 4.39. The molecule has 0 spiro atoms. The quantitative estimate of drug-likeness (QED) is 0.385. The van der Waals surface area contributed by atoms with Crippen molar-refractivity contribution in [3.8, 4) is 0 Å². The number of benzene rings is 2.